The molecule has 102 valence electrons. The molecule has 19 heavy (non-hydrogen) atoms. The first kappa shape index (κ1) is 13.8. The molecule has 1 unspecified atom stereocenters. The molecule has 2 N–H and O–H groups in total. The van der Waals surface area contributed by atoms with Gasteiger partial charge in [0.1, 0.15) is 11.5 Å². The van der Waals surface area contributed by atoms with Crippen LogP contribution in [0.5, 0.6) is 0 Å². The number of nitrogens with two attached hydrogens (primary N) is 1. The molecule has 2 aromatic rings. The number of hydrogen-bond donors (Lipinski definition) is 1. The summed E-state index contributed by atoms with van der Waals surface area (Å²) < 4.78 is 28.6. The molecule has 1 atom stereocenters. The van der Waals surface area contributed by atoms with Crippen molar-refractivity contribution in [3.05, 3.63) is 53.0 Å². The maximum Gasteiger partial charge on any atom is 0.175 e. The fourth-order valence-corrected chi connectivity index (χ4v) is 2.75. The van der Waals surface area contributed by atoms with Gasteiger partial charge in [-0.05, 0) is 37.6 Å². The Bertz CT molecular complexity index is 701. The Morgan fingerprint density at radius 2 is 1.89 bits per heavy atom. The predicted octanol–water partition coefficient (Wildman–Crippen LogP) is 2.35. The number of rotatable bonds is 3. The first-order valence-corrected chi connectivity index (χ1v) is 7.80. The van der Waals surface area contributed by atoms with Crippen LogP contribution in [0.15, 0.2) is 39.6 Å². The van der Waals surface area contributed by atoms with Crippen molar-refractivity contribution in [1.82, 2.24) is 0 Å². The lowest BCUT2D eigenvalue weighted by Crippen LogP contribution is -2.12. The highest BCUT2D eigenvalue weighted by Gasteiger charge is 2.17. The first-order valence-electron chi connectivity index (χ1n) is 5.91. The second-order valence-electron chi connectivity index (χ2n) is 4.69. The summed E-state index contributed by atoms with van der Waals surface area (Å²) >= 11 is 0. The van der Waals surface area contributed by atoms with Crippen LogP contribution in [0.4, 0.5) is 0 Å². The van der Waals surface area contributed by atoms with Crippen molar-refractivity contribution in [2.45, 2.75) is 24.8 Å². The molecule has 1 aromatic heterocycles. The topological polar surface area (TPSA) is 73.3 Å². The Morgan fingerprint density at radius 3 is 2.42 bits per heavy atom. The number of aryl methyl sites for hydroxylation is 2. The normalized spacial score (nSPS) is 13.5. The van der Waals surface area contributed by atoms with E-state index in [2.05, 4.69) is 0 Å². The number of benzene rings is 1. The van der Waals surface area contributed by atoms with Crippen LogP contribution in [0.25, 0.3) is 0 Å². The minimum atomic E-state index is -3.22. The molecular formula is C14H17NO3S. The molecular weight excluding hydrogens is 262 g/mol. The predicted molar refractivity (Wildman–Crippen MR) is 73.8 cm³/mol. The van der Waals surface area contributed by atoms with Gasteiger partial charge in [0.25, 0.3) is 0 Å². The van der Waals surface area contributed by atoms with Gasteiger partial charge in [0.15, 0.2) is 9.84 Å². The summed E-state index contributed by atoms with van der Waals surface area (Å²) in [6, 6.07) is 8.20. The minimum Gasteiger partial charge on any atom is -0.466 e. The molecule has 0 fully saturated rings. The maximum absolute atomic E-state index is 11.6. The number of hydrogen-bond acceptors (Lipinski definition) is 4. The summed E-state index contributed by atoms with van der Waals surface area (Å²) in [5, 5.41) is 0. The van der Waals surface area contributed by atoms with Crippen LogP contribution in [-0.4, -0.2) is 14.7 Å². The fourth-order valence-electron chi connectivity index (χ4n) is 2.08. The van der Waals surface area contributed by atoms with Crippen LogP contribution in [0.3, 0.4) is 0 Å². The van der Waals surface area contributed by atoms with Gasteiger partial charge >= 0.3 is 0 Å². The van der Waals surface area contributed by atoms with Crippen molar-refractivity contribution >= 4 is 9.84 Å². The first-order chi connectivity index (χ1) is 8.79. The number of sulfone groups is 1. The van der Waals surface area contributed by atoms with E-state index >= 15 is 0 Å². The Balaban J connectivity index is 2.45. The zero-order chi connectivity index (χ0) is 14.2. The third-order valence-electron chi connectivity index (χ3n) is 3.06. The average molecular weight is 279 g/mol. The third kappa shape index (κ3) is 2.88. The van der Waals surface area contributed by atoms with Gasteiger partial charge in [0, 0.05) is 11.8 Å². The van der Waals surface area contributed by atoms with Gasteiger partial charge in [0.2, 0.25) is 0 Å². The van der Waals surface area contributed by atoms with Gasteiger partial charge < -0.3 is 10.2 Å². The van der Waals surface area contributed by atoms with Crippen LogP contribution in [-0.2, 0) is 9.84 Å². The lowest BCUT2D eigenvalue weighted by atomic mass is 10.00. The molecule has 0 aliphatic heterocycles. The summed E-state index contributed by atoms with van der Waals surface area (Å²) in [6.45, 7) is 3.71. The largest absolute Gasteiger partial charge is 0.466 e. The van der Waals surface area contributed by atoms with Crippen molar-refractivity contribution in [2.75, 3.05) is 6.26 Å². The fraction of sp³-hybridized carbons (Fsp3) is 0.286. The summed E-state index contributed by atoms with van der Waals surface area (Å²) in [5.41, 5.74) is 7.82. The van der Waals surface area contributed by atoms with E-state index in [-0.39, 0.29) is 10.9 Å². The van der Waals surface area contributed by atoms with Gasteiger partial charge in [-0.25, -0.2) is 8.42 Å². The van der Waals surface area contributed by atoms with E-state index in [9.17, 15) is 8.42 Å². The van der Waals surface area contributed by atoms with Crippen molar-refractivity contribution in [1.29, 1.82) is 0 Å². The molecule has 2 rings (SSSR count). The van der Waals surface area contributed by atoms with E-state index in [0.29, 0.717) is 0 Å². The van der Waals surface area contributed by atoms with Crippen LogP contribution in [0.1, 0.15) is 28.7 Å². The molecule has 0 saturated heterocycles. The van der Waals surface area contributed by atoms with E-state index < -0.39 is 9.84 Å². The molecule has 0 bridgehead atoms. The smallest absolute Gasteiger partial charge is 0.175 e. The maximum atomic E-state index is 11.6. The molecule has 0 spiro atoms. The summed E-state index contributed by atoms with van der Waals surface area (Å²) in [7, 11) is -3.22. The van der Waals surface area contributed by atoms with E-state index in [1.807, 2.05) is 26.0 Å². The van der Waals surface area contributed by atoms with Gasteiger partial charge in [-0.3, -0.25) is 0 Å². The molecule has 5 heteroatoms. The van der Waals surface area contributed by atoms with Crippen LogP contribution < -0.4 is 5.73 Å². The lowest BCUT2D eigenvalue weighted by molar-refractivity contribution is 0.499. The van der Waals surface area contributed by atoms with E-state index in [4.69, 9.17) is 10.2 Å². The highest BCUT2D eigenvalue weighted by molar-refractivity contribution is 7.90. The summed E-state index contributed by atoms with van der Waals surface area (Å²) in [5.74, 6) is 1.55. The van der Waals surface area contributed by atoms with E-state index in [1.165, 1.54) is 6.26 Å². The van der Waals surface area contributed by atoms with E-state index in [0.717, 1.165) is 22.6 Å². The van der Waals surface area contributed by atoms with Crippen LogP contribution in [0, 0.1) is 13.8 Å². The third-order valence-corrected chi connectivity index (χ3v) is 4.17. The molecule has 1 aromatic carbocycles. The van der Waals surface area contributed by atoms with Gasteiger partial charge in [0.05, 0.1) is 10.9 Å². The molecule has 0 saturated carbocycles. The average Bonchev–Trinajstić information content (AvgIpc) is 2.66. The standard InChI is InChI=1S/C14H17NO3S/c1-9-7-13(10(2)18-9)14(15)11-5-4-6-12(8-11)19(3,16)17/h4-8,14H,15H2,1-3H3. The second-order valence-corrected chi connectivity index (χ2v) is 6.71. The molecule has 0 aliphatic rings. The highest BCUT2D eigenvalue weighted by Crippen LogP contribution is 2.26. The molecule has 0 amide bonds. The quantitative estimate of drug-likeness (QED) is 0.936. The van der Waals surface area contributed by atoms with Crippen LogP contribution >= 0.6 is 0 Å². The molecule has 1 heterocycles. The van der Waals surface area contributed by atoms with Gasteiger partial charge in [-0.2, -0.15) is 0 Å². The monoisotopic (exact) mass is 279 g/mol. The van der Waals surface area contributed by atoms with Crippen molar-refractivity contribution in [3.63, 3.8) is 0 Å². The summed E-state index contributed by atoms with van der Waals surface area (Å²) in [6.07, 6.45) is 1.19. The summed E-state index contributed by atoms with van der Waals surface area (Å²) in [4.78, 5) is 0.276. The van der Waals surface area contributed by atoms with Crippen molar-refractivity contribution in [2.24, 2.45) is 5.73 Å². The zero-order valence-electron chi connectivity index (χ0n) is 11.2. The SMILES string of the molecule is Cc1cc(C(N)c2cccc(S(C)(=O)=O)c2)c(C)o1. The minimum absolute atomic E-state index is 0.276. The van der Waals surface area contributed by atoms with E-state index in [1.54, 1.807) is 18.2 Å². The van der Waals surface area contributed by atoms with Crippen LogP contribution in [0.2, 0.25) is 0 Å². The Morgan fingerprint density at radius 1 is 1.21 bits per heavy atom. The highest BCUT2D eigenvalue weighted by atomic mass is 32.2. The lowest BCUT2D eigenvalue weighted by Gasteiger charge is -2.12. The zero-order valence-corrected chi connectivity index (χ0v) is 12.0. The van der Waals surface area contributed by atoms with Crippen molar-refractivity contribution in [3.8, 4) is 0 Å². The van der Waals surface area contributed by atoms with Gasteiger partial charge in [-0.15, -0.1) is 0 Å². The van der Waals surface area contributed by atoms with Gasteiger partial charge in [-0.1, -0.05) is 12.1 Å². The molecule has 0 aliphatic carbocycles. The Hall–Kier alpha value is -1.59. The number of furan rings is 1. The second kappa shape index (κ2) is 4.83. The van der Waals surface area contributed by atoms with Crippen molar-refractivity contribution < 1.29 is 12.8 Å². The Kier molecular flexibility index (Phi) is 3.52. The molecule has 0 radical (unpaired) electrons. The Labute approximate surface area is 113 Å². The molecule has 4 nitrogen and oxygen atoms in total.